The topological polar surface area (TPSA) is 102 Å². The number of carbonyl (C=O) groups is 1. The van der Waals surface area contributed by atoms with Crippen molar-refractivity contribution in [1.29, 1.82) is 0 Å². The van der Waals surface area contributed by atoms with Crippen LogP contribution in [0, 0.1) is 11.6 Å². The second-order valence-electron chi connectivity index (χ2n) is 6.87. The molecule has 0 spiro atoms. The Morgan fingerprint density at radius 1 is 1.21 bits per heavy atom. The van der Waals surface area contributed by atoms with Gasteiger partial charge in [-0.3, -0.25) is 14.2 Å². The molecule has 14 heteroatoms. The molecular weight excluding hydrogens is 473 g/mol. The van der Waals surface area contributed by atoms with Crippen LogP contribution in [0.5, 0.6) is 0 Å². The minimum Gasteiger partial charge on any atom is -0.332 e. The molecule has 3 heterocycles. The number of alkyl halides is 3. The largest absolute Gasteiger partial charge is 0.422 e. The SMILES string of the molecule is Cn1c(=O)[nH]c2ccn(CC(=O)Nc3nc(-c4ccc(F)c(C(F)(F)F)c4F)cs3)c2c1=O. The van der Waals surface area contributed by atoms with Crippen molar-refractivity contribution in [2.75, 3.05) is 5.32 Å². The van der Waals surface area contributed by atoms with Gasteiger partial charge in [0, 0.05) is 24.2 Å². The second-order valence-corrected chi connectivity index (χ2v) is 7.73. The molecular formula is C19H12F5N5O3S. The Balaban J connectivity index is 1.58. The van der Waals surface area contributed by atoms with Crippen LogP contribution in [-0.2, 0) is 24.6 Å². The number of fused-ring (bicyclic) bond motifs is 1. The smallest absolute Gasteiger partial charge is 0.332 e. The fourth-order valence-electron chi connectivity index (χ4n) is 3.17. The number of carbonyl (C=O) groups excluding carboxylic acids is 1. The lowest BCUT2D eigenvalue weighted by molar-refractivity contribution is -0.142. The lowest BCUT2D eigenvalue weighted by Crippen LogP contribution is -2.33. The summed E-state index contributed by atoms with van der Waals surface area (Å²) in [5, 5.41) is 3.56. The summed E-state index contributed by atoms with van der Waals surface area (Å²) in [4.78, 5) is 42.8. The van der Waals surface area contributed by atoms with Crippen molar-refractivity contribution >= 4 is 33.4 Å². The van der Waals surface area contributed by atoms with Crippen LogP contribution in [0.4, 0.5) is 27.1 Å². The molecule has 172 valence electrons. The maximum absolute atomic E-state index is 14.3. The van der Waals surface area contributed by atoms with Gasteiger partial charge >= 0.3 is 11.9 Å². The van der Waals surface area contributed by atoms with Crippen molar-refractivity contribution in [1.82, 2.24) is 19.1 Å². The zero-order chi connectivity index (χ0) is 24.1. The summed E-state index contributed by atoms with van der Waals surface area (Å²) in [6.07, 6.45) is -3.82. The van der Waals surface area contributed by atoms with Crippen LogP contribution in [0.2, 0.25) is 0 Å². The van der Waals surface area contributed by atoms with Gasteiger partial charge in [0.1, 0.15) is 29.3 Å². The van der Waals surface area contributed by atoms with E-state index < -0.39 is 46.1 Å². The number of thiazole rings is 1. The van der Waals surface area contributed by atoms with E-state index in [2.05, 4.69) is 15.3 Å². The predicted octanol–water partition coefficient (Wildman–Crippen LogP) is 3.09. The maximum Gasteiger partial charge on any atom is 0.422 e. The van der Waals surface area contributed by atoms with E-state index in [0.717, 1.165) is 22.0 Å². The first-order valence-electron chi connectivity index (χ1n) is 9.06. The lowest BCUT2D eigenvalue weighted by Gasteiger charge is -2.11. The number of halogens is 5. The molecule has 0 saturated carbocycles. The van der Waals surface area contributed by atoms with E-state index in [9.17, 15) is 36.3 Å². The summed E-state index contributed by atoms with van der Waals surface area (Å²) in [5.41, 5.74) is -3.75. The molecule has 2 N–H and O–H groups in total. The van der Waals surface area contributed by atoms with Gasteiger partial charge < -0.3 is 14.9 Å². The highest BCUT2D eigenvalue weighted by molar-refractivity contribution is 7.14. The molecule has 1 amide bonds. The number of hydrogen-bond acceptors (Lipinski definition) is 5. The number of anilines is 1. The molecule has 4 rings (SSSR count). The van der Waals surface area contributed by atoms with Crippen LogP contribution >= 0.6 is 11.3 Å². The third kappa shape index (κ3) is 4.04. The van der Waals surface area contributed by atoms with Crippen LogP contribution in [0.1, 0.15) is 5.56 Å². The van der Waals surface area contributed by atoms with E-state index in [1.165, 1.54) is 29.3 Å². The fraction of sp³-hybridized carbons (Fsp3) is 0.158. The molecule has 0 unspecified atom stereocenters. The molecule has 0 atom stereocenters. The Labute approximate surface area is 183 Å². The van der Waals surface area contributed by atoms with Crippen molar-refractivity contribution in [2.24, 2.45) is 7.05 Å². The van der Waals surface area contributed by atoms with E-state index in [-0.39, 0.29) is 28.4 Å². The molecule has 3 aromatic heterocycles. The number of hydrogen-bond donors (Lipinski definition) is 2. The molecule has 0 saturated heterocycles. The molecule has 0 aliphatic rings. The summed E-state index contributed by atoms with van der Waals surface area (Å²) in [7, 11) is 1.27. The molecule has 1 aromatic carbocycles. The van der Waals surface area contributed by atoms with Gasteiger partial charge in [-0.15, -0.1) is 11.3 Å². The molecule has 33 heavy (non-hydrogen) atoms. The van der Waals surface area contributed by atoms with E-state index in [4.69, 9.17) is 0 Å². The van der Waals surface area contributed by atoms with Crippen LogP contribution < -0.4 is 16.6 Å². The molecule has 8 nitrogen and oxygen atoms in total. The van der Waals surface area contributed by atoms with E-state index in [0.29, 0.717) is 6.07 Å². The van der Waals surface area contributed by atoms with Crippen LogP contribution in [0.25, 0.3) is 22.3 Å². The van der Waals surface area contributed by atoms with Gasteiger partial charge in [0.25, 0.3) is 5.56 Å². The normalized spacial score (nSPS) is 11.8. The first kappa shape index (κ1) is 22.4. The minimum absolute atomic E-state index is 0.0509. The Morgan fingerprint density at radius 3 is 2.64 bits per heavy atom. The number of benzene rings is 1. The van der Waals surface area contributed by atoms with Crippen molar-refractivity contribution < 1.29 is 26.7 Å². The van der Waals surface area contributed by atoms with Gasteiger partial charge in [-0.05, 0) is 18.2 Å². The van der Waals surface area contributed by atoms with E-state index >= 15 is 0 Å². The van der Waals surface area contributed by atoms with Gasteiger partial charge in [-0.2, -0.15) is 13.2 Å². The number of H-pyrrole nitrogens is 1. The average Bonchev–Trinajstić information content (AvgIpc) is 3.32. The number of rotatable bonds is 4. The minimum atomic E-state index is -5.24. The standard InChI is InChI=1S/C19H12F5N5O3S/c1-28-16(31)15-10(26-18(28)32)4-5-29(15)6-12(30)27-17-25-11(7-33-17)8-2-3-9(20)13(14(8)21)19(22,23)24/h2-5,7H,6H2,1H3,(H,26,32)(H,25,27,30). The summed E-state index contributed by atoms with van der Waals surface area (Å²) in [6, 6.07) is 2.76. The highest BCUT2D eigenvalue weighted by atomic mass is 32.1. The number of nitrogens with zero attached hydrogens (tertiary/aromatic N) is 3. The highest BCUT2D eigenvalue weighted by Gasteiger charge is 2.39. The van der Waals surface area contributed by atoms with Gasteiger partial charge in [0.15, 0.2) is 5.13 Å². The molecule has 0 aliphatic carbocycles. The maximum atomic E-state index is 14.3. The second kappa shape index (κ2) is 7.95. The molecule has 4 aromatic rings. The quantitative estimate of drug-likeness (QED) is 0.434. The predicted molar refractivity (Wildman–Crippen MR) is 109 cm³/mol. The number of aromatic amines is 1. The highest BCUT2D eigenvalue weighted by Crippen LogP contribution is 2.38. The third-order valence-corrected chi connectivity index (χ3v) is 5.49. The van der Waals surface area contributed by atoms with Crippen molar-refractivity contribution in [2.45, 2.75) is 12.7 Å². The zero-order valence-corrected chi connectivity index (χ0v) is 17.3. The van der Waals surface area contributed by atoms with E-state index in [1.54, 1.807) is 0 Å². The molecule has 0 bridgehead atoms. The van der Waals surface area contributed by atoms with Crippen LogP contribution in [0.3, 0.4) is 0 Å². The van der Waals surface area contributed by atoms with Crippen LogP contribution in [-0.4, -0.2) is 25.0 Å². The molecule has 0 aliphatic heterocycles. The van der Waals surface area contributed by atoms with Gasteiger partial charge in [-0.25, -0.2) is 18.6 Å². The summed E-state index contributed by atoms with van der Waals surface area (Å²) in [6.45, 7) is -0.344. The van der Waals surface area contributed by atoms with Gasteiger partial charge in [0.2, 0.25) is 5.91 Å². The monoisotopic (exact) mass is 485 g/mol. The zero-order valence-electron chi connectivity index (χ0n) is 16.5. The Kier molecular flexibility index (Phi) is 5.40. The van der Waals surface area contributed by atoms with Crippen molar-refractivity contribution in [3.05, 3.63) is 67.8 Å². The van der Waals surface area contributed by atoms with Gasteiger partial charge in [0.05, 0.1) is 11.2 Å². The average molecular weight is 485 g/mol. The van der Waals surface area contributed by atoms with Gasteiger partial charge in [-0.1, -0.05) is 0 Å². The molecule has 0 fully saturated rings. The Bertz CT molecular complexity index is 1520. The summed E-state index contributed by atoms with van der Waals surface area (Å²) in [5.74, 6) is -4.20. The Morgan fingerprint density at radius 2 is 1.94 bits per heavy atom. The third-order valence-electron chi connectivity index (χ3n) is 4.73. The first-order valence-corrected chi connectivity index (χ1v) is 9.94. The number of nitrogens with one attached hydrogen (secondary N) is 2. The Hall–Kier alpha value is -3.81. The van der Waals surface area contributed by atoms with E-state index in [1.807, 2.05) is 0 Å². The first-order chi connectivity index (χ1) is 15.5. The van der Waals surface area contributed by atoms with Crippen molar-refractivity contribution in [3.8, 4) is 11.3 Å². The van der Waals surface area contributed by atoms with Crippen molar-refractivity contribution in [3.63, 3.8) is 0 Å². The summed E-state index contributed by atoms with van der Waals surface area (Å²) < 4.78 is 68.8. The number of amides is 1. The number of aromatic nitrogens is 4. The lowest BCUT2D eigenvalue weighted by atomic mass is 10.1. The molecule has 0 radical (unpaired) electrons. The van der Waals surface area contributed by atoms with Crippen LogP contribution in [0.15, 0.2) is 39.4 Å². The fourth-order valence-corrected chi connectivity index (χ4v) is 3.90. The summed E-state index contributed by atoms with van der Waals surface area (Å²) >= 11 is 0.815.